The van der Waals surface area contributed by atoms with Gasteiger partial charge in [0.05, 0.1) is 6.17 Å². The molecular formula is C13H26N4O. The largest absolute Gasteiger partial charge is 0.334 e. The maximum atomic E-state index is 12.0. The molecule has 2 saturated heterocycles. The maximum Gasteiger partial charge on any atom is 0.316 e. The van der Waals surface area contributed by atoms with Crippen molar-refractivity contribution in [2.45, 2.75) is 50.7 Å². The second-order valence-electron chi connectivity index (χ2n) is 5.51. The maximum absolute atomic E-state index is 12.0. The highest BCUT2D eigenvalue weighted by Gasteiger charge is 2.21. The Bertz CT molecular complexity index is 264. The van der Waals surface area contributed by atoms with Gasteiger partial charge in [-0.25, -0.2) is 4.79 Å². The van der Waals surface area contributed by atoms with Crippen LogP contribution in [-0.2, 0) is 0 Å². The highest BCUT2D eigenvalue weighted by molar-refractivity contribution is 5.74. The molecule has 2 atom stereocenters. The predicted octanol–water partition coefficient (Wildman–Crippen LogP) is 0.870. The van der Waals surface area contributed by atoms with Crippen molar-refractivity contribution >= 4 is 6.03 Å². The first-order valence-electron chi connectivity index (χ1n) is 7.23. The van der Waals surface area contributed by atoms with E-state index in [0.717, 1.165) is 32.5 Å². The lowest BCUT2D eigenvalue weighted by Crippen LogP contribution is -2.54. The van der Waals surface area contributed by atoms with Gasteiger partial charge >= 0.3 is 6.03 Å². The summed E-state index contributed by atoms with van der Waals surface area (Å²) in [6.07, 6.45) is 7.21. The third-order valence-corrected chi connectivity index (χ3v) is 3.95. The van der Waals surface area contributed by atoms with E-state index in [1.54, 1.807) is 0 Å². The van der Waals surface area contributed by atoms with Crippen LogP contribution < -0.4 is 16.0 Å². The van der Waals surface area contributed by atoms with Gasteiger partial charge in [0, 0.05) is 12.6 Å². The lowest BCUT2D eigenvalue weighted by atomic mass is 10.1. The van der Waals surface area contributed by atoms with Crippen LogP contribution >= 0.6 is 0 Å². The van der Waals surface area contributed by atoms with Gasteiger partial charge in [0.2, 0.25) is 0 Å². The number of piperidine rings is 1. The SMILES string of the molecule is CN1CCCCC1NC(=O)NC1CCCCNC1. The summed E-state index contributed by atoms with van der Waals surface area (Å²) in [6, 6.07) is 0.267. The molecule has 2 aliphatic rings. The zero-order chi connectivity index (χ0) is 12.8. The van der Waals surface area contributed by atoms with E-state index in [4.69, 9.17) is 0 Å². The number of likely N-dealkylation sites (tertiary alicyclic amines) is 1. The second kappa shape index (κ2) is 6.95. The number of rotatable bonds is 2. The van der Waals surface area contributed by atoms with Crippen LogP contribution in [0.4, 0.5) is 4.79 Å². The Labute approximate surface area is 110 Å². The van der Waals surface area contributed by atoms with Crippen LogP contribution in [0.5, 0.6) is 0 Å². The molecule has 0 saturated carbocycles. The van der Waals surface area contributed by atoms with Crippen molar-refractivity contribution in [3.63, 3.8) is 0 Å². The number of carbonyl (C=O) groups excluding carboxylic acids is 1. The Morgan fingerprint density at radius 3 is 2.83 bits per heavy atom. The average Bonchev–Trinajstić information content (AvgIpc) is 2.61. The predicted molar refractivity (Wildman–Crippen MR) is 72.4 cm³/mol. The number of nitrogens with zero attached hydrogens (tertiary/aromatic N) is 1. The topological polar surface area (TPSA) is 56.4 Å². The van der Waals surface area contributed by atoms with Crippen LogP contribution in [0.2, 0.25) is 0 Å². The van der Waals surface area contributed by atoms with E-state index in [0.29, 0.717) is 0 Å². The fraction of sp³-hybridized carbons (Fsp3) is 0.923. The van der Waals surface area contributed by atoms with Crippen LogP contribution in [0, 0.1) is 0 Å². The van der Waals surface area contributed by atoms with Crippen molar-refractivity contribution in [2.24, 2.45) is 0 Å². The first-order valence-corrected chi connectivity index (χ1v) is 7.23. The molecule has 0 spiro atoms. The van der Waals surface area contributed by atoms with Gasteiger partial charge in [0.25, 0.3) is 0 Å². The van der Waals surface area contributed by atoms with E-state index < -0.39 is 0 Å². The Morgan fingerprint density at radius 1 is 1.17 bits per heavy atom. The van der Waals surface area contributed by atoms with Crippen LogP contribution in [-0.4, -0.2) is 49.8 Å². The zero-order valence-corrected chi connectivity index (χ0v) is 11.4. The van der Waals surface area contributed by atoms with Crippen LogP contribution in [0.3, 0.4) is 0 Å². The third-order valence-electron chi connectivity index (χ3n) is 3.95. The summed E-state index contributed by atoms with van der Waals surface area (Å²) in [7, 11) is 2.08. The van der Waals surface area contributed by atoms with Gasteiger partial charge in [-0.15, -0.1) is 0 Å². The molecule has 0 aromatic carbocycles. The molecule has 2 unspecified atom stereocenters. The van der Waals surface area contributed by atoms with Crippen molar-refractivity contribution in [1.82, 2.24) is 20.9 Å². The third kappa shape index (κ3) is 4.14. The van der Waals surface area contributed by atoms with E-state index in [9.17, 15) is 4.79 Å². The monoisotopic (exact) mass is 254 g/mol. The number of hydrogen-bond acceptors (Lipinski definition) is 3. The number of carbonyl (C=O) groups is 1. The molecule has 0 bridgehead atoms. The van der Waals surface area contributed by atoms with Gasteiger partial charge in [-0.1, -0.05) is 6.42 Å². The Hall–Kier alpha value is -0.810. The lowest BCUT2D eigenvalue weighted by molar-refractivity contribution is 0.153. The molecule has 0 aromatic heterocycles. The second-order valence-corrected chi connectivity index (χ2v) is 5.51. The van der Waals surface area contributed by atoms with Crippen molar-refractivity contribution in [2.75, 3.05) is 26.7 Å². The normalized spacial score (nSPS) is 30.5. The summed E-state index contributed by atoms with van der Waals surface area (Å²) in [4.78, 5) is 14.2. The fourth-order valence-corrected chi connectivity index (χ4v) is 2.78. The Morgan fingerprint density at radius 2 is 2.00 bits per heavy atom. The van der Waals surface area contributed by atoms with Gasteiger partial charge in [-0.2, -0.15) is 0 Å². The number of nitrogens with one attached hydrogen (secondary N) is 3. The molecule has 2 rings (SSSR count). The van der Waals surface area contributed by atoms with Gasteiger partial charge in [-0.3, -0.25) is 4.90 Å². The quantitative estimate of drug-likeness (QED) is 0.685. The molecule has 18 heavy (non-hydrogen) atoms. The summed E-state index contributed by atoms with van der Waals surface area (Å²) >= 11 is 0. The number of amides is 2. The fourth-order valence-electron chi connectivity index (χ4n) is 2.78. The molecular weight excluding hydrogens is 228 g/mol. The molecule has 104 valence electrons. The van der Waals surface area contributed by atoms with Crippen LogP contribution in [0.15, 0.2) is 0 Å². The van der Waals surface area contributed by atoms with Gasteiger partial charge in [0.15, 0.2) is 0 Å². The summed E-state index contributed by atoms with van der Waals surface area (Å²) in [5.74, 6) is 0. The standard InChI is InChI=1S/C13H26N4O/c1-17-9-5-3-7-12(17)16-13(18)15-11-6-2-4-8-14-10-11/h11-12,14H,2-10H2,1H3,(H2,15,16,18). The van der Waals surface area contributed by atoms with E-state index in [2.05, 4.69) is 27.9 Å². The highest BCUT2D eigenvalue weighted by atomic mass is 16.2. The molecule has 2 amide bonds. The molecule has 0 aromatic rings. The summed E-state index contributed by atoms with van der Waals surface area (Å²) in [5, 5.41) is 9.53. The Kier molecular flexibility index (Phi) is 5.26. The molecule has 3 N–H and O–H groups in total. The van der Waals surface area contributed by atoms with Crippen molar-refractivity contribution in [1.29, 1.82) is 0 Å². The molecule has 5 nitrogen and oxygen atoms in total. The van der Waals surface area contributed by atoms with Gasteiger partial charge < -0.3 is 16.0 Å². The van der Waals surface area contributed by atoms with Gasteiger partial charge in [-0.05, 0) is 52.2 Å². The van der Waals surface area contributed by atoms with Crippen molar-refractivity contribution in [3.05, 3.63) is 0 Å². The summed E-state index contributed by atoms with van der Waals surface area (Å²) in [5.41, 5.74) is 0. The smallest absolute Gasteiger partial charge is 0.316 e. The van der Waals surface area contributed by atoms with Crippen LogP contribution in [0.1, 0.15) is 38.5 Å². The lowest BCUT2D eigenvalue weighted by Gasteiger charge is -2.33. The average molecular weight is 254 g/mol. The molecule has 0 aliphatic carbocycles. The van der Waals surface area contributed by atoms with Gasteiger partial charge in [0.1, 0.15) is 0 Å². The minimum Gasteiger partial charge on any atom is -0.334 e. The van der Waals surface area contributed by atoms with E-state index >= 15 is 0 Å². The van der Waals surface area contributed by atoms with E-state index in [-0.39, 0.29) is 18.2 Å². The van der Waals surface area contributed by atoms with E-state index in [1.165, 1.54) is 25.7 Å². The summed E-state index contributed by atoms with van der Waals surface area (Å²) < 4.78 is 0. The molecule has 2 heterocycles. The first-order chi connectivity index (χ1) is 8.75. The highest BCUT2D eigenvalue weighted by Crippen LogP contribution is 2.12. The molecule has 0 radical (unpaired) electrons. The summed E-state index contributed by atoms with van der Waals surface area (Å²) in [6.45, 7) is 3.05. The number of hydrogen-bond donors (Lipinski definition) is 3. The van der Waals surface area contributed by atoms with Crippen molar-refractivity contribution in [3.8, 4) is 0 Å². The van der Waals surface area contributed by atoms with Crippen molar-refractivity contribution < 1.29 is 4.79 Å². The minimum atomic E-state index is -0.0116. The Balaban J connectivity index is 1.73. The number of urea groups is 1. The van der Waals surface area contributed by atoms with Crippen LogP contribution in [0.25, 0.3) is 0 Å². The molecule has 2 aliphatic heterocycles. The molecule has 5 heteroatoms. The zero-order valence-electron chi connectivity index (χ0n) is 11.4. The minimum absolute atomic E-state index is 0.0116. The van der Waals surface area contributed by atoms with E-state index in [1.807, 2.05) is 0 Å². The first kappa shape index (κ1) is 13.6. The molecule has 2 fully saturated rings.